The van der Waals surface area contributed by atoms with Crippen LogP contribution in [0.1, 0.15) is 213 Å². The smallest absolute Gasteiger partial charge is 0.472 e. The van der Waals surface area contributed by atoms with E-state index in [0.717, 1.165) is 64.2 Å². The van der Waals surface area contributed by atoms with E-state index < -0.39 is 45.1 Å². The zero-order valence-corrected chi connectivity index (χ0v) is 36.9. The molecular formula is C45H86NO9P. The molecule has 0 bridgehead atoms. The summed E-state index contributed by atoms with van der Waals surface area (Å²) in [6, 6.07) is -1.47. The summed E-state index contributed by atoms with van der Waals surface area (Å²) in [5.41, 5.74) is 5.36. The van der Waals surface area contributed by atoms with Crippen LogP contribution in [0.15, 0.2) is 24.3 Å². The van der Waals surface area contributed by atoms with Crippen molar-refractivity contribution in [1.82, 2.24) is 0 Å². The minimum Gasteiger partial charge on any atom is -0.480 e. The Balaban J connectivity index is 4.13. The highest BCUT2D eigenvalue weighted by Crippen LogP contribution is 2.43. The van der Waals surface area contributed by atoms with Crippen LogP contribution >= 0.6 is 7.82 Å². The molecule has 4 N–H and O–H groups in total. The van der Waals surface area contributed by atoms with E-state index in [4.69, 9.17) is 29.4 Å². The Kier molecular flexibility index (Phi) is 40.5. The van der Waals surface area contributed by atoms with E-state index in [9.17, 15) is 19.0 Å². The van der Waals surface area contributed by atoms with Gasteiger partial charge in [-0.25, -0.2) is 4.57 Å². The fourth-order valence-electron chi connectivity index (χ4n) is 6.41. The van der Waals surface area contributed by atoms with Gasteiger partial charge in [-0.1, -0.05) is 192 Å². The molecule has 0 aliphatic heterocycles. The fourth-order valence-corrected chi connectivity index (χ4v) is 7.19. The number of ether oxygens (including phenoxy) is 2. The van der Waals surface area contributed by atoms with E-state index in [-0.39, 0.29) is 13.0 Å². The maximum atomic E-state index is 12.6. The van der Waals surface area contributed by atoms with Crippen LogP contribution < -0.4 is 5.73 Å². The third-order valence-electron chi connectivity index (χ3n) is 9.96. The number of carboxylic acids is 1. The van der Waals surface area contributed by atoms with Crippen LogP contribution in [0.2, 0.25) is 0 Å². The third-order valence-corrected chi connectivity index (χ3v) is 10.9. The molecule has 0 fully saturated rings. The van der Waals surface area contributed by atoms with Crippen molar-refractivity contribution < 1.29 is 42.7 Å². The van der Waals surface area contributed by atoms with Gasteiger partial charge in [0.1, 0.15) is 12.1 Å². The molecule has 0 aromatic heterocycles. The molecule has 11 heteroatoms. The summed E-state index contributed by atoms with van der Waals surface area (Å²) in [5.74, 6) is -1.79. The summed E-state index contributed by atoms with van der Waals surface area (Å²) < 4.78 is 33.4. The van der Waals surface area contributed by atoms with Crippen LogP contribution in [0.3, 0.4) is 0 Å². The first-order valence-electron chi connectivity index (χ1n) is 22.9. The van der Waals surface area contributed by atoms with Crippen LogP contribution in [0.5, 0.6) is 0 Å². The van der Waals surface area contributed by atoms with Gasteiger partial charge in [0.2, 0.25) is 0 Å². The summed E-state index contributed by atoms with van der Waals surface area (Å²) >= 11 is 0. The number of allylic oxidation sites excluding steroid dienone is 4. The van der Waals surface area contributed by atoms with Crippen LogP contribution in [0, 0.1) is 0 Å². The first-order chi connectivity index (χ1) is 27.2. The number of hydrogen-bond acceptors (Lipinski definition) is 8. The number of nitrogens with two attached hydrogens (primary N) is 1. The van der Waals surface area contributed by atoms with Crippen LogP contribution in [-0.4, -0.2) is 60.5 Å². The number of phosphoric acid groups is 1. The van der Waals surface area contributed by atoms with Gasteiger partial charge in [0.05, 0.1) is 19.8 Å². The van der Waals surface area contributed by atoms with E-state index >= 15 is 0 Å². The van der Waals surface area contributed by atoms with E-state index in [1.807, 2.05) is 0 Å². The molecule has 0 saturated heterocycles. The molecule has 0 amide bonds. The highest BCUT2D eigenvalue weighted by atomic mass is 31.2. The van der Waals surface area contributed by atoms with Gasteiger partial charge in [-0.3, -0.25) is 18.6 Å². The Morgan fingerprint density at radius 1 is 0.571 bits per heavy atom. The van der Waals surface area contributed by atoms with E-state index in [1.54, 1.807) is 0 Å². The Bertz CT molecular complexity index is 993. The maximum absolute atomic E-state index is 12.6. The summed E-state index contributed by atoms with van der Waals surface area (Å²) in [6.45, 7) is 3.83. The fraction of sp³-hybridized carbons (Fsp3) is 0.867. The predicted octanol–water partition coefficient (Wildman–Crippen LogP) is 12.7. The monoisotopic (exact) mass is 816 g/mol. The van der Waals surface area contributed by atoms with E-state index in [1.165, 1.54) is 122 Å². The van der Waals surface area contributed by atoms with Crippen molar-refractivity contribution in [2.75, 3.05) is 26.4 Å². The molecule has 0 aliphatic carbocycles. The first kappa shape index (κ1) is 54.5. The number of rotatable bonds is 44. The largest absolute Gasteiger partial charge is 0.480 e. The second-order valence-corrected chi connectivity index (χ2v) is 17.0. The molecule has 0 aromatic rings. The van der Waals surface area contributed by atoms with Gasteiger partial charge >= 0.3 is 19.8 Å². The van der Waals surface area contributed by atoms with Crippen molar-refractivity contribution in [3.8, 4) is 0 Å². The Morgan fingerprint density at radius 3 is 1.52 bits per heavy atom. The van der Waals surface area contributed by atoms with Crippen LogP contribution in [0.4, 0.5) is 0 Å². The van der Waals surface area contributed by atoms with Gasteiger partial charge in [0.25, 0.3) is 0 Å². The summed E-state index contributed by atoms with van der Waals surface area (Å²) in [6.07, 6.45) is 45.2. The second kappa shape index (κ2) is 41.6. The maximum Gasteiger partial charge on any atom is 0.472 e. The van der Waals surface area contributed by atoms with Gasteiger partial charge in [0.15, 0.2) is 0 Å². The third kappa shape index (κ3) is 40.6. The summed E-state index contributed by atoms with van der Waals surface area (Å²) in [7, 11) is -4.62. The molecule has 56 heavy (non-hydrogen) atoms. The van der Waals surface area contributed by atoms with Crippen molar-refractivity contribution in [1.29, 1.82) is 0 Å². The lowest BCUT2D eigenvalue weighted by Crippen LogP contribution is -2.34. The highest BCUT2D eigenvalue weighted by molar-refractivity contribution is 7.47. The zero-order valence-electron chi connectivity index (χ0n) is 36.0. The quantitative estimate of drug-likeness (QED) is 0.0234. The predicted molar refractivity (Wildman–Crippen MR) is 231 cm³/mol. The number of unbranched alkanes of at least 4 members (excludes halogenated alkanes) is 26. The minimum absolute atomic E-state index is 0.0154. The molecule has 0 saturated carbocycles. The molecule has 330 valence electrons. The average molecular weight is 816 g/mol. The highest BCUT2D eigenvalue weighted by Gasteiger charge is 2.27. The van der Waals surface area contributed by atoms with Crippen molar-refractivity contribution >= 4 is 19.8 Å². The van der Waals surface area contributed by atoms with Crippen molar-refractivity contribution in [3.63, 3.8) is 0 Å². The first-order valence-corrected chi connectivity index (χ1v) is 24.4. The van der Waals surface area contributed by atoms with Crippen LogP contribution in [-0.2, 0) is 32.7 Å². The minimum atomic E-state index is -4.62. The number of carbonyl (C=O) groups excluding carboxylic acids is 1. The van der Waals surface area contributed by atoms with E-state index in [2.05, 4.69) is 38.2 Å². The topological polar surface area (TPSA) is 155 Å². The number of carboxylic acid groups (broad SMARTS) is 1. The van der Waals surface area contributed by atoms with E-state index in [0.29, 0.717) is 13.0 Å². The normalized spacial score (nSPS) is 14.1. The Labute approximate surface area is 343 Å². The van der Waals surface area contributed by atoms with Gasteiger partial charge < -0.3 is 25.2 Å². The van der Waals surface area contributed by atoms with Gasteiger partial charge in [-0.2, -0.15) is 0 Å². The molecule has 0 aliphatic rings. The van der Waals surface area contributed by atoms with Gasteiger partial charge in [-0.15, -0.1) is 0 Å². The Morgan fingerprint density at radius 2 is 1.02 bits per heavy atom. The summed E-state index contributed by atoms with van der Waals surface area (Å²) in [4.78, 5) is 33.5. The van der Waals surface area contributed by atoms with Crippen molar-refractivity contribution in [2.24, 2.45) is 5.73 Å². The van der Waals surface area contributed by atoms with Crippen LogP contribution in [0.25, 0.3) is 0 Å². The average Bonchev–Trinajstić information content (AvgIpc) is 3.18. The molecule has 3 unspecified atom stereocenters. The van der Waals surface area contributed by atoms with Gasteiger partial charge in [-0.05, 0) is 38.5 Å². The molecule has 0 radical (unpaired) electrons. The number of carbonyl (C=O) groups is 2. The number of phosphoric ester groups is 1. The molecule has 0 aromatic carbocycles. The molecule has 10 nitrogen and oxygen atoms in total. The lowest BCUT2D eigenvalue weighted by atomic mass is 10.0. The number of aliphatic carboxylic acids is 1. The number of esters is 1. The summed E-state index contributed by atoms with van der Waals surface area (Å²) in [5, 5.41) is 8.90. The second-order valence-electron chi connectivity index (χ2n) is 15.5. The standard InChI is InChI=1S/C45H86NO9P/c1-3-5-7-9-11-13-15-17-18-19-20-21-22-23-24-26-28-30-32-34-36-38-52-39-42(40-53-56(50,51)54-41-43(46)45(48)49)55-44(47)37-35-33-31-29-27-25-16-14-12-10-8-6-4-2/h8,10,14,16,42-43H,3-7,9,11-13,15,17-41,46H2,1-2H3,(H,48,49)(H,50,51)/b10-8-,16-14-. The lowest BCUT2D eigenvalue weighted by molar-refractivity contribution is -0.154. The molecular weight excluding hydrogens is 729 g/mol. The Hall–Kier alpha value is -1.55. The van der Waals surface area contributed by atoms with Crippen molar-refractivity contribution in [2.45, 2.75) is 225 Å². The SMILES string of the molecule is CCC/C=C\C/C=C\CCCCCCCC(=O)OC(COCCCCCCCCCCCCCCCCCCCCCCC)COP(=O)(O)OCC(N)C(=O)O. The number of hydrogen-bond donors (Lipinski definition) is 3. The van der Waals surface area contributed by atoms with Crippen molar-refractivity contribution in [3.05, 3.63) is 24.3 Å². The molecule has 3 atom stereocenters. The zero-order chi connectivity index (χ0) is 41.2. The van der Waals surface area contributed by atoms with Gasteiger partial charge in [0, 0.05) is 13.0 Å². The lowest BCUT2D eigenvalue weighted by Gasteiger charge is -2.20. The molecule has 0 heterocycles. The molecule has 0 rings (SSSR count). The molecule has 0 spiro atoms.